The summed E-state index contributed by atoms with van der Waals surface area (Å²) in [5.41, 5.74) is 1.85. The molecule has 2 fully saturated rings. The predicted octanol–water partition coefficient (Wildman–Crippen LogP) is 1.31. The Balaban J connectivity index is 1.90. The standard InChI is InChI=1S/C18H25N5O2/c1-21(2)13-20-15-5-6-16(24-4)17(14(15)9-19)23-11-18(12-23)10-22(3)7-8-25-18/h5-6,13H,7-8,10-12H2,1-4H3. The molecule has 0 atom stereocenters. The second-order valence-electron chi connectivity index (χ2n) is 6.96. The molecule has 2 saturated heterocycles. The van der Waals surface area contributed by atoms with Crippen LogP contribution in [0, 0.1) is 11.3 Å². The van der Waals surface area contributed by atoms with Crippen LogP contribution < -0.4 is 9.64 Å². The molecular weight excluding hydrogens is 318 g/mol. The first-order valence-corrected chi connectivity index (χ1v) is 8.37. The van der Waals surface area contributed by atoms with Crippen molar-refractivity contribution in [3.8, 4) is 11.8 Å². The number of likely N-dealkylation sites (N-methyl/N-ethyl adjacent to an activating group) is 1. The zero-order chi connectivity index (χ0) is 18.0. The molecule has 0 saturated carbocycles. The Hall–Kier alpha value is -2.30. The zero-order valence-electron chi connectivity index (χ0n) is 15.3. The van der Waals surface area contributed by atoms with E-state index < -0.39 is 0 Å². The Morgan fingerprint density at radius 1 is 1.36 bits per heavy atom. The minimum atomic E-state index is -0.145. The Morgan fingerprint density at radius 2 is 2.12 bits per heavy atom. The van der Waals surface area contributed by atoms with Crippen molar-refractivity contribution >= 4 is 17.7 Å². The van der Waals surface area contributed by atoms with Gasteiger partial charge in [0.2, 0.25) is 0 Å². The largest absolute Gasteiger partial charge is 0.495 e. The van der Waals surface area contributed by atoms with Crippen LogP contribution in [0.5, 0.6) is 5.75 Å². The van der Waals surface area contributed by atoms with Crippen LogP contribution >= 0.6 is 0 Å². The number of morpholine rings is 1. The Labute approximate surface area is 149 Å². The quantitative estimate of drug-likeness (QED) is 0.607. The van der Waals surface area contributed by atoms with Gasteiger partial charge in [0.25, 0.3) is 0 Å². The molecule has 1 spiro atoms. The monoisotopic (exact) mass is 343 g/mol. The highest BCUT2D eigenvalue weighted by Crippen LogP contribution is 2.43. The maximum Gasteiger partial charge on any atom is 0.143 e. The summed E-state index contributed by atoms with van der Waals surface area (Å²) in [6.07, 6.45) is 1.70. The molecule has 1 aromatic carbocycles. The highest BCUT2D eigenvalue weighted by atomic mass is 16.5. The third-order valence-electron chi connectivity index (χ3n) is 4.59. The number of benzene rings is 1. The zero-order valence-corrected chi connectivity index (χ0v) is 15.3. The fourth-order valence-electron chi connectivity index (χ4n) is 3.47. The molecule has 3 rings (SSSR count). The lowest BCUT2D eigenvalue weighted by Crippen LogP contribution is -2.70. The molecule has 2 heterocycles. The number of hydrogen-bond donors (Lipinski definition) is 0. The first-order chi connectivity index (χ1) is 12.0. The van der Waals surface area contributed by atoms with E-state index in [9.17, 15) is 5.26 Å². The number of anilines is 1. The maximum atomic E-state index is 9.74. The molecular formula is C18H25N5O2. The summed E-state index contributed by atoms with van der Waals surface area (Å²) in [7, 11) is 7.54. The summed E-state index contributed by atoms with van der Waals surface area (Å²) >= 11 is 0. The minimum Gasteiger partial charge on any atom is -0.495 e. The molecule has 0 unspecified atom stereocenters. The number of nitrogens with zero attached hydrogens (tertiary/aromatic N) is 5. The molecule has 0 radical (unpaired) electrons. The Bertz CT molecular complexity index is 704. The van der Waals surface area contributed by atoms with Crippen LogP contribution in [0.25, 0.3) is 0 Å². The third-order valence-corrected chi connectivity index (χ3v) is 4.59. The van der Waals surface area contributed by atoms with Crippen molar-refractivity contribution in [1.29, 1.82) is 5.26 Å². The van der Waals surface area contributed by atoms with Gasteiger partial charge in [-0.25, -0.2) is 4.99 Å². The van der Waals surface area contributed by atoms with Gasteiger partial charge < -0.3 is 24.2 Å². The lowest BCUT2D eigenvalue weighted by Gasteiger charge is -2.54. The molecule has 1 aromatic rings. The summed E-state index contributed by atoms with van der Waals surface area (Å²) in [5.74, 6) is 0.694. The van der Waals surface area contributed by atoms with Crippen LogP contribution in [0.15, 0.2) is 17.1 Å². The molecule has 0 N–H and O–H groups in total. The van der Waals surface area contributed by atoms with Gasteiger partial charge in [0, 0.05) is 27.2 Å². The number of rotatable bonds is 4. The highest BCUT2D eigenvalue weighted by molar-refractivity contribution is 5.79. The lowest BCUT2D eigenvalue weighted by molar-refractivity contribution is -0.117. The van der Waals surface area contributed by atoms with Crippen molar-refractivity contribution < 1.29 is 9.47 Å². The van der Waals surface area contributed by atoms with E-state index in [1.54, 1.807) is 13.4 Å². The van der Waals surface area contributed by atoms with Crippen molar-refractivity contribution in [3.05, 3.63) is 17.7 Å². The number of methoxy groups -OCH3 is 1. The molecule has 0 bridgehead atoms. The summed E-state index contributed by atoms with van der Waals surface area (Å²) in [5, 5.41) is 9.74. The van der Waals surface area contributed by atoms with E-state index in [-0.39, 0.29) is 5.60 Å². The van der Waals surface area contributed by atoms with Gasteiger partial charge in [-0.15, -0.1) is 0 Å². The van der Waals surface area contributed by atoms with E-state index in [2.05, 4.69) is 27.9 Å². The lowest BCUT2D eigenvalue weighted by atomic mass is 9.90. The molecule has 2 aliphatic rings. The normalized spacial score (nSPS) is 19.7. The van der Waals surface area contributed by atoms with Crippen LogP contribution in [0.1, 0.15) is 5.56 Å². The SMILES string of the molecule is COc1ccc(N=CN(C)C)c(C#N)c1N1CC2(CN(C)CCO2)C1. The molecule has 7 heteroatoms. The third kappa shape index (κ3) is 3.41. The van der Waals surface area contributed by atoms with E-state index >= 15 is 0 Å². The van der Waals surface area contributed by atoms with E-state index in [4.69, 9.17) is 9.47 Å². The Morgan fingerprint density at radius 3 is 2.72 bits per heavy atom. The van der Waals surface area contributed by atoms with Crippen molar-refractivity contribution in [1.82, 2.24) is 9.80 Å². The van der Waals surface area contributed by atoms with E-state index in [0.29, 0.717) is 17.0 Å². The topological polar surface area (TPSA) is 64.3 Å². The molecule has 25 heavy (non-hydrogen) atoms. The van der Waals surface area contributed by atoms with Gasteiger partial charge in [-0.05, 0) is 19.2 Å². The molecule has 0 aliphatic carbocycles. The molecule has 134 valence electrons. The number of hydrogen-bond acceptors (Lipinski definition) is 6. The van der Waals surface area contributed by atoms with Gasteiger partial charge in [0.05, 0.1) is 44.5 Å². The van der Waals surface area contributed by atoms with Gasteiger partial charge in [-0.3, -0.25) is 0 Å². The molecule has 0 amide bonds. The first kappa shape index (κ1) is 17.5. The number of aliphatic imine (C=N–C) groups is 1. The van der Waals surface area contributed by atoms with E-state index in [0.717, 1.165) is 38.5 Å². The van der Waals surface area contributed by atoms with Gasteiger partial charge in [-0.1, -0.05) is 0 Å². The van der Waals surface area contributed by atoms with Gasteiger partial charge in [0.1, 0.15) is 23.0 Å². The van der Waals surface area contributed by atoms with Crippen molar-refractivity contribution in [2.45, 2.75) is 5.60 Å². The van der Waals surface area contributed by atoms with E-state index in [1.807, 2.05) is 31.1 Å². The van der Waals surface area contributed by atoms with Gasteiger partial charge in [-0.2, -0.15) is 5.26 Å². The summed E-state index contributed by atoms with van der Waals surface area (Å²) in [6.45, 7) is 4.13. The summed E-state index contributed by atoms with van der Waals surface area (Å²) in [6, 6.07) is 6.00. The molecule has 7 nitrogen and oxygen atoms in total. The van der Waals surface area contributed by atoms with E-state index in [1.165, 1.54) is 0 Å². The highest BCUT2D eigenvalue weighted by Gasteiger charge is 2.48. The first-order valence-electron chi connectivity index (χ1n) is 8.37. The van der Waals surface area contributed by atoms with Crippen LogP contribution in [0.3, 0.4) is 0 Å². The maximum absolute atomic E-state index is 9.74. The second-order valence-corrected chi connectivity index (χ2v) is 6.96. The van der Waals surface area contributed by atoms with Crippen LogP contribution in [-0.4, -0.2) is 82.8 Å². The van der Waals surface area contributed by atoms with Crippen LogP contribution in [0.2, 0.25) is 0 Å². The fourth-order valence-corrected chi connectivity index (χ4v) is 3.47. The van der Waals surface area contributed by atoms with Gasteiger partial charge in [0.15, 0.2) is 0 Å². The van der Waals surface area contributed by atoms with Crippen LogP contribution in [0.4, 0.5) is 11.4 Å². The Kier molecular flexibility index (Phi) is 4.84. The minimum absolute atomic E-state index is 0.145. The van der Waals surface area contributed by atoms with Crippen molar-refractivity contribution in [2.24, 2.45) is 4.99 Å². The van der Waals surface area contributed by atoms with Crippen LogP contribution in [-0.2, 0) is 4.74 Å². The number of nitriles is 1. The molecule has 2 aliphatic heterocycles. The number of ether oxygens (including phenoxy) is 2. The molecule has 0 aromatic heterocycles. The second kappa shape index (κ2) is 6.90. The predicted molar refractivity (Wildman–Crippen MR) is 97.9 cm³/mol. The van der Waals surface area contributed by atoms with Gasteiger partial charge >= 0.3 is 0 Å². The summed E-state index contributed by atoms with van der Waals surface area (Å²) in [4.78, 5) is 10.7. The fraction of sp³-hybridized carbons (Fsp3) is 0.556. The smallest absolute Gasteiger partial charge is 0.143 e. The van der Waals surface area contributed by atoms with Crippen molar-refractivity contribution in [3.63, 3.8) is 0 Å². The average molecular weight is 343 g/mol. The average Bonchev–Trinajstić information content (AvgIpc) is 2.56. The van der Waals surface area contributed by atoms with Crippen molar-refractivity contribution in [2.75, 3.05) is 65.9 Å². The summed E-state index contributed by atoms with van der Waals surface area (Å²) < 4.78 is 11.6.